The molecular weight excluding hydrogens is 210 g/mol. The molecule has 1 aliphatic rings. The third-order valence-corrected chi connectivity index (χ3v) is 3.96. The van der Waals surface area contributed by atoms with Crippen LogP contribution in [0.5, 0.6) is 5.75 Å². The molecule has 2 nitrogen and oxygen atoms in total. The molecule has 1 saturated heterocycles. The number of ether oxygens (including phenoxy) is 1. The highest BCUT2D eigenvalue weighted by Gasteiger charge is 2.37. The van der Waals surface area contributed by atoms with E-state index in [-0.39, 0.29) is 0 Å². The molecular formula is C15H23NO. The minimum atomic E-state index is 0.345. The molecule has 1 aliphatic heterocycles. The molecule has 0 bridgehead atoms. The summed E-state index contributed by atoms with van der Waals surface area (Å²) in [5.41, 5.74) is 1.79. The van der Waals surface area contributed by atoms with Gasteiger partial charge in [-0.2, -0.15) is 0 Å². The van der Waals surface area contributed by atoms with Crippen molar-refractivity contribution in [3.05, 3.63) is 29.8 Å². The van der Waals surface area contributed by atoms with Crippen LogP contribution in [0.15, 0.2) is 24.3 Å². The first-order chi connectivity index (χ1) is 8.20. The van der Waals surface area contributed by atoms with Crippen molar-refractivity contribution >= 4 is 0 Å². The van der Waals surface area contributed by atoms with Crippen LogP contribution in [-0.2, 0) is 5.41 Å². The molecule has 0 aliphatic carbocycles. The Bertz CT molecular complexity index is 373. The smallest absolute Gasteiger partial charge is 0.119 e. The molecule has 0 spiro atoms. The largest absolute Gasteiger partial charge is 0.497 e. The SMILES string of the molecule is CCCC1(c2cccc(OC)c2)CCN(C)C1. The molecule has 0 N–H and O–H groups in total. The minimum Gasteiger partial charge on any atom is -0.497 e. The topological polar surface area (TPSA) is 12.5 Å². The van der Waals surface area contributed by atoms with Crippen LogP contribution in [0.25, 0.3) is 0 Å². The predicted molar refractivity (Wildman–Crippen MR) is 71.7 cm³/mol. The fraction of sp³-hybridized carbons (Fsp3) is 0.600. The highest BCUT2D eigenvalue weighted by Crippen LogP contribution is 2.39. The van der Waals surface area contributed by atoms with E-state index in [4.69, 9.17) is 4.74 Å². The third kappa shape index (κ3) is 2.47. The molecule has 94 valence electrons. The van der Waals surface area contributed by atoms with Crippen molar-refractivity contribution in [2.75, 3.05) is 27.2 Å². The van der Waals surface area contributed by atoms with Crippen LogP contribution in [0.2, 0.25) is 0 Å². The number of methoxy groups -OCH3 is 1. The molecule has 1 aromatic carbocycles. The number of rotatable bonds is 4. The fourth-order valence-corrected chi connectivity index (χ4v) is 3.10. The van der Waals surface area contributed by atoms with Gasteiger partial charge in [0.1, 0.15) is 5.75 Å². The van der Waals surface area contributed by atoms with Crippen LogP contribution in [-0.4, -0.2) is 32.1 Å². The highest BCUT2D eigenvalue weighted by molar-refractivity contribution is 5.35. The summed E-state index contributed by atoms with van der Waals surface area (Å²) in [7, 11) is 3.96. The lowest BCUT2D eigenvalue weighted by molar-refractivity contribution is 0.349. The number of likely N-dealkylation sites (N-methyl/N-ethyl adjacent to an activating group) is 1. The van der Waals surface area contributed by atoms with Gasteiger partial charge in [0.2, 0.25) is 0 Å². The summed E-state index contributed by atoms with van der Waals surface area (Å²) in [5, 5.41) is 0. The normalized spacial score (nSPS) is 25.1. The van der Waals surface area contributed by atoms with E-state index < -0.39 is 0 Å². The predicted octanol–water partition coefficient (Wildman–Crippen LogP) is 3.07. The summed E-state index contributed by atoms with van der Waals surface area (Å²) < 4.78 is 5.35. The van der Waals surface area contributed by atoms with Crippen LogP contribution < -0.4 is 4.74 Å². The van der Waals surface area contributed by atoms with Gasteiger partial charge in [-0.3, -0.25) is 0 Å². The maximum atomic E-state index is 5.35. The van der Waals surface area contributed by atoms with Gasteiger partial charge in [0.15, 0.2) is 0 Å². The number of nitrogens with zero attached hydrogens (tertiary/aromatic N) is 1. The van der Waals surface area contributed by atoms with Crippen molar-refractivity contribution in [1.29, 1.82) is 0 Å². The van der Waals surface area contributed by atoms with Crippen LogP contribution >= 0.6 is 0 Å². The standard InChI is InChI=1S/C15H23NO/c1-4-8-15(9-10-16(2)12-15)13-6-5-7-14(11-13)17-3/h5-7,11H,4,8-10,12H2,1-3H3. The van der Waals surface area contributed by atoms with Gasteiger partial charge < -0.3 is 9.64 Å². The quantitative estimate of drug-likeness (QED) is 0.792. The molecule has 1 atom stereocenters. The lowest BCUT2D eigenvalue weighted by Crippen LogP contribution is -2.29. The van der Waals surface area contributed by atoms with Gasteiger partial charge in [-0.05, 0) is 44.1 Å². The van der Waals surface area contributed by atoms with E-state index in [9.17, 15) is 0 Å². The maximum Gasteiger partial charge on any atom is 0.119 e. The van der Waals surface area contributed by atoms with Gasteiger partial charge in [0.25, 0.3) is 0 Å². The summed E-state index contributed by atoms with van der Waals surface area (Å²) in [6.07, 6.45) is 3.78. The monoisotopic (exact) mass is 233 g/mol. The molecule has 1 aromatic rings. The van der Waals surface area contributed by atoms with Crippen molar-refractivity contribution in [3.8, 4) is 5.75 Å². The molecule has 0 amide bonds. The minimum absolute atomic E-state index is 0.345. The van der Waals surface area contributed by atoms with Crippen molar-refractivity contribution in [3.63, 3.8) is 0 Å². The van der Waals surface area contributed by atoms with E-state index in [1.165, 1.54) is 37.9 Å². The Balaban J connectivity index is 2.32. The Hall–Kier alpha value is -1.02. The van der Waals surface area contributed by atoms with Crippen LogP contribution in [0.3, 0.4) is 0 Å². The molecule has 2 rings (SSSR count). The third-order valence-electron chi connectivity index (χ3n) is 3.96. The summed E-state index contributed by atoms with van der Waals surface area (Å²) >= 11 is 0. The van der Waals surface area contributed by atoms with E-state index in [1.54, 1.807) is 7.11 Å². The Morgan fingerprint density at radius 1 is 1.41 bits per heavy atom. The Morgan fingerprint density at radius 3 is 2.82 bits per heavy atom. The second kappa shape index (κ2) is 5.09. The molecule has 17 heavy (non-hydrogen) atoms. The molecule has 0 aromatic heterocycles. The molecule has 1 heterocycles. The first kappa shape index (κ1) is 12.4. The molecule has 2 heteroatoms. The van der Waals surface area contributed by atoms with Crippen molar-refractivity contribution in [2.45, 2.75) is 31.6 Å². The molecule has 0 radical (unpaired) electrons. The maximum absolute atomic E-state index is 5.35. The number of hydrogen-bond donors (Lipinski definition) is 0. The van der Waals surface area contributed by atoms with Crippen molar-refractivity contribution in [2.24, 2.45) is 0 Å². The van der Waals surface area contributed by atoms with Crippen LogP contribution in [0, 0.1) is 0 Å². The van der Waals surface area contributed by atoms with Gasteiger partial charge in [-0.25, -0.2) is 0 Å². The average molecular weight is 233 g/mol. The van der Waals surface area contributed by atoms with E-state index >= 15 is 0 Å². The Kier molecular flexibility index (Phi) is 3.72. The number of hydrogen-bond acceptors (Lipinski definition) is 2. The lowest BCUT2D eigenvalue weighted by Gasteiger charge is -2.29. The highest BCUT2D eigenvalue weighted by atomic mass is 16.5. The Labute approximate surface area is 105 Å². The van der Waals surface area contributed by atoms with Crippen LogP contribution in [0.4, 0.5) is 0 Å². The first-order valence-corrected chi connectivity index (χ1v) is 6.53. The van der Waals surface area contributed by atoms with Gasteiger partial charge in [0.05, 0.1) is 7.11 Å². The summed E-state index contributed by atoms with van der Waals surface area (Å²) in [6.45, 7) is 4.66. The number of likely N-dealkylation sites (tertiary alicyclic amines) is 1. The Morgan fingerprint density at radius 2 is 2.24 bits per heavy atom. The molecule has 1 fully saturated rings. The molecule has 1 unspecified atom stereocenters. The summed E-state index contributed by atoms with van der Waals surface area (Å²) in [4.78, 5) is 2.44. The van der Waals surface area contributed by atoms with E-state index in [2.05, 4.69) is 37.1 Å². The zero-order chi connectivity index (χ0) is 12.3. The van der Waals surface area contributed by atoms with Gasteiger partial charge >= 0.3 is 0 Å². The average Bonchev–Trinajstić information content (AvgIpc) is 2.73. The summed E-state index contributed by atoms with van der Waals surface area (Å²) in [6, 6.07) is 8.62. The fourth-order valence-electron chi connectivity index (χ4n) is 3.10. The van der Waals surface area contributed by atoms with Gasteiger partial charge in [-0.15, -0.1) is 0 Å². The summed E-state index contributed by atoms with van der Waals surface area (Å²) in [5.74, 6) is 0.979. The van der Waals surface area contributed by atoms with E-state index in [0.717, 1.165) is 5.75 Å². The second-order valence-electron chi connectivity index (χ2n) is 5.25. The zero-order valence-electron chi connectivity index (χ0n) is 11.2. The van der Waals surface area contributed by atoms with Gasteiger partial charge in [-0.1, -0.05) is 25.5 Å². The number of benzene rings is 1. The lowest BCUT2D eigenvalue weighted by atomic mass is 9.76. The van der Waals surface area contributed by atoms with Gasteiger partial charge in [0, 0.05) is 12.0 Å². The second-order valence-corrected chi connectivity index (χ2v) is 5.25. The molecule has 0 saturated carbocycles. The van der Waals surface area contributed by atoms with Crippen LogP contribution in [0.1, 0.15) is 31.7 Å². The van der Waals surface area contributed by atoms with Crippen molar-refractivity contribution < 1.29 is 4.74 Å². The van der Waals surface area contributed by atoms with E-state index in [1.807, 2.05) is 6.07 Å². The first-order valence-electron chi connectivity index (χ1n) is 6.53. The zero-order valence-corrected chi connectivity index (χ0v) is 11.2. The van der Waals surface area contributed by atoms with Crippen molar-refractivity contribution in [1.82, 2.24) is 4.90 Å². The van der Waals surface area contributed by atoms with E-state index in [0.29, 0.717) is 5.41 Å².